The Kier molecular flexibility index (Phi) is 5.37. The van der Waals surface area contributed by atoms with Crippen LogP contribution in [0.1, 0.15) is 19.4 Å². The van der Waals surface area contributed by atoms with Gasteiger partial charge in [0.2, 0.25) is 5.91 Å². The first kappa shape index (κ1) is 18.1. The van der Waals surface area contributed by atoms with Gasteiger partial charge in [-0.3, -0.25) is 14.2 Å². The fraction of sp³-hybridized carbons (Fsp3) is 0.263. The Morgan fingerprint density at radius 2 is 2.04 bits per heavy atom. The number of pyridine rings is 1. The summed E-state index contributed by atoms with van der Waals surface area (Å²) in [5.41, 5.74) is 1.57. The van der Waals surface area contributed by atoms with Crippen LogP contribution in [-0.2, 0) is 11.3 Å². The van der Waals surface area contributed by atoms with Crippen molar-refractivity contribution in [3.05, 3.63) is 58.5 Å². The molecule has 134 valence electrons. The zero-order valence-electron chi connectivity index (χ0n) is 14.9. The summed E-state index contributed by atoms with van der Waals surface area (Å²) < 4.78 is 1.60. The van der Waals surface area contributed by atoms with Gasteiger partial charge in [0, 0.05) is 12.7 Å². The number of hydrogen-bond acceptors (Lipinski definition) is 5. The summed E-state index contributed by atoms with van der Waals surface area (Å²) in [7, 11) is 0. The minimum atomic E-state index is -0.427. The minimum Gasteiger partial charge on any atom is -0.310 e. The van der Waals surface area contributed by atoms with Crippen LogP contribution in [0.15, 0.2) is 52.5 Å². The standard InChI is InChI=1S/C19H20N4O2S/c1-4-23-18(25)14-7-5-6-8-15(14)21-19(23)26-13(3)17(24)22-16-10-9-12(2)11-20-16/h5-11,13H,4H2,1-3H3,(H,20,22,24). The third kappa shape index (κ3) is 3.77. The van der Waals surface area contributed by atoms with Crippen LogP contribution in [0.2, 0.25) is 0 Å². The first-order chi connectivity index (χ1) is 12.5. The second-order valence-electron chi connectivity index (χ2n) is 5.93. The smallest absolute Gasteiger partial charge is 0.262 e. The quantitative estimate of drug-likeness (QED) is 0.553. The van der Waals surface area contributed by atoms with Gasteiger partial charge in [-0.25, -0.2) is 9.97 Å². The minimum absolute atomic E-state index is 0.0894. The molecule has 1 atom stereocenters. The number of rotatable bonds is 5. The third-order valence-corrected chi connectivity index (χ3v) is 5.05. The normalized spacial score (nSPS) is 12.1. The van der Waals surface area contributed by atoms with Crippen molar-refractivity contribution in [3.63, 3.8) is 0 Å². The highest BCUT2D eigenvalue weighted by Gasteiger charge is 2.19. The Morgan fingerprint density at radius 1 is 1.27 bits per heavy atom. The van der Waals surface area contributed by atoms with Gasteiger partial charge in [0.15, 0.2) is 5.16 Å². The number of amides is 1. The molecular formula is C19H20N4O2S. The molecule has 1 amide bonds. The molecule has 6 nitrogen and oxygen atoms in total. The molecule has 0 aliphatic carbocycles. The van der Waals surface area contributed by atoms with Crippen molar-refractivity contribution < 1.29 is 4.79 Å². The predicted molar refractivity (Wildman–Crippen MR) is 105 cm³/mol. The summed E-state index contributed by atoms with van der Waals surface area (Å²) in [4.78, 5) is 33.9. The van der Waals surface area contributed by atoms with E-state index in [0.29, 0.717) is 28.4 Å². The van der Waals surface area contributed by atoms with Crippen LogP contribution in [0.4, 0.5) is 5.82 Å². The van der Waals surface area contributed by atoms with Crippen LogP contribution < -0.4 is 10.9 Å². The number of benzene rings is 1. The van der Waals surface area contributed by atoms with E-state index in [4.69, 9.17) is 0 Å². The summed E-state index contributed by atoms with van der Waals surface area (Å²) in [6, 6.07) is 10.9. The Morgan fingerprint density at radius 3 is 2.73 bits per heavy atom. The summed E-state index contributed by atoms with van der Waals surface area (Å²) in [6.45, 7) is 6.11. The number of aryl methyl sites for hydroxylation is 1. The zero-order chi connectivity index (χ0) is 18.7. The number of para-hydroxylation sites is 1. The van der Waals surface area contributed by atoms with Gasteiger partial charge in [0.1, 0.15) is 5.82 Å². The van der Waals surface area contributed by atoms with Crippen LogP contribution in [0.25, 0.3) is 10.9 Å². The number of carbonyl (C=O) groups is 1. The molecule has 3 rings (SSSR count). The van der Waals surface area contributed by atoms with Crippen molar-refractivity contribution >= 4 is 34.4 Å². The van der Waals surface area contributed by atoms with E-state index in [9.17, 15) is 9.59 Å². The third-order valence-electron chi connectivity index (χ3n) is 3.96. The number of nitrogens with one attached hydrogen (secondary N) is 1. The summed E-state index contributed by atoms with van der Waals surface area (Å²) in [5, 5.41) is 3.49. The lowest BCUT2D eigenvalue weighted by Gasteiger charge is -2.15. The maximum Gasteiger partial charge on any atom is 0.262 e. The maximum atomic E-state index is 12.7. The zero-order valence-corrected chi connectivity index (χ0v) is 15.7. The van der Waals surface area contributed by atoms with E-state index in [2.05, 4.69) is 15.3 Å². The highest BCUT2D eigenvalue weighted by Crippen LogP contribution is 2.23. The number of thioether (sulfide) groups is 1. The molecule has 0 bridgehead atoms. The van der Waals surface area contributed by atoms with Gasteiger partial charge < -0.3 is 5.32 Å². The molecule has 0 saturated carbocycles. The number of nitrogens with zero attached hydrogens (tertiary/aromatic N) is 3. The van der Waals surface area contributed by atoms with Crippen LogP contribution in [0.3, 0.4) is 0 Å². The molecule has 7 heteroatoms. The monoisotopic (exact) mass is 368 g/mol. The average molecular weight is 368 g/mol. The predicted octanol–water partition coefficient (Wildman–Crippen LogP) is 3.24. The first-order valence-corrected chi connectivity index (χ1v) is 9.27. The highest BCUT2D eigenvalue weighted by atomic mass is 32.2. The van der Waals surface area contributed by atoms with Gasteiger partial charge in [0.25, 0.3) is 5.56 Å². The van der Waals surface area contributed by atoms with Crippen LogP contribution >= 0.6 is 11.8 Å². The Labute approximate surface area is 155 Å². The number of aromatic nitrogens is 3. The van der Waals surface area contributed by atoms with Crippen molar-refractivity contribution in [1.29, 1.82) is 0 Å². The molecule has 1 N–H and O–H groups in total. The molecule has 0 radical (unpaired) electrons. The maximum absolute atomic E-state index is 12.7. The summed E-state index contributed by atoms with van der Waals surface area (Å²) in [5.74, 6) is 0.323. The lowest BCUT2D eigenvalue weighted by atomic mass is 10.2. The second-order valence-corrected chi connectivity index (χ2v) is 7.24. The van der Waals surface area contributed by atoms with E-state index >= 15 is 0 Å². The number of hydrogen-bond donors (Lipinski definition) is 1. The SMILES string of the molecule is CCn1c(SC(C)C(=O)Nc2ccc(C)cn2)nc2ccccc2c1=O. The molecule has 0 spiro atoms. The van der Waals surface area contributed by atoms with E-state index in [-0.39, 0.29) is 11.5 Å². The van der Waals surface area contributed by atoms with Crippen molar-refractivity contribution in [1.82, 2.24) is 14.5 Å². The number of fused-ring (bicyclic) bond motifs is 1. The van der Waals surface area contributed by atoms with Crippen molar-refractivity contribution in [2.45, 2.75) is 37.7 Å². The fourth-order valence-electron chi connectivity index (χ4n) is 2.50. The first-order valence-electron chi connectivity index (χ1n) is 8.39. The van der Waals surface area contributed by atoms with Crippen molar-refractivity contribution in [2.75, 3.05) is 5.32 Å². The summed E-state index contributed by atoms with van der Waals surface area (Å²) >= 11 is 1.27. The molecule has 1 unspecified atom stereocenters. The molecule has 0 fully saturated rings. The average Bonchev–Trinajstić information content (AvgIpc) is 2.64. The molecule has 0 aliphatic heterocycles. The molecule has 0 aliphatic rings. The second kappa shape index (κ2) is 7.70. The van der Waals surface area contributed by atoms with E-state index in [0.717, 1.165) is 5.56 Å². The lowest BCUT2D eigenvalue weighted by molar-refractivity contribution is -0.115. The summed E-state index contributed by atoms with van der Waals surface area (Å²) in [6.07, 6.45) is 1.70. The van der Waals surface area contributed by atoms with E-state index < -0.39 is 5.25 Å². The van der Waals surface area contributed by atoms with Gasteiger partial charge >= 0.3 is 0 Å². The molecule has 0 saturated heterocycles. The molecule has 1 aromatic carbocycles. The van der Waals surface area contributed by atoms with Gasteiger partial charge in [-0.15, -0.1) is 0 Å². The van der Waals surface area contributed by atoms with Crippen LogP contribution in [0.5, 0.6) is 0 Å². The Bertz CT molecular complexity index is 999. The van der Waals surface area contributed by atoms with Gasteiger partial charge in [-0.1, -0.05) is 30.0 Å². The van der Waals surface area contributed by atoms with Gasteiger partial charge in [-0.2, -0.15) is 0 Å². The fourth-order valence-corrected chi connectivity index (χ4v) is 3.47. The van der Waals surface area contributed by atoms with Crippen LogP contribution in [-0.4, -0.2) is 25.7 Å². The number of anilines is 1. The van der Waals surface area contributed by atoms with E-state index in [1.807, 2.05) is 38.1 Å². The van der Waals surface area contributed by atoms with Gasteiger partial charge in [0.05, 0.1) is 16.2 Å². The largest absolute Gasteiger partial charge is 0.310 e. The van der Waals surface area contributed by atoms with Crippen LogP contribution in [0, 0.1) is 6.92 Å². The lowest BCUT2D eigenvalue weighted by Crippen LogP contribution is -2.26. The van der Waals surface area contributed by atoms with Gasteiger partial charge in [-0.05, 0) is 44.5 Å². The van der Waals surface area contributed by atoms with E-state index in [1.54, 1.807) is 29.8 Å². The highest BCUT2D eigenvalue weighted by molar-refractivity contribution is 8.00. The number of carbonyl (C=O) groups excluding carboxylic acids is 1. The Balaban J connectivity index is 1.84. The Hall–Kier alpha value is -2.67. The topological polar surface area (TPSA) is 76.9 Å². The molecule has 26 heavy (non-hydrogen) atoms. The van der Waals surface area contributed by atoms with Crippen molar-refractivity contribution in [3.8, 4) is 0 Å². The molecule has 2 heterocycles. The molecule has 3 aromatic rings. The molecular weight excluding hydrogens is 348 g/mol. The van der Waals surface area contributed by atoms with Crippen molar-refractivity contribution in [2.24, 2.45) is 0 Å². The van der Waals surface area contributed by atoms with E-state index in [1.165, 1.54) is 11.8 Å². The molecule has 2 aromatic heterocycles.